The number of phenolic OH excluding ortho intramolecular Hbond substituents is 1. The number of unbranched alkanes of at least 4 members (excludes halogenated alkanes) is 2. The molecule has 0 aliphatic carbocycles. The average Bonchev–Trinajstić information content (AvgIpc) is 3.12. The van der Waals surface area contributed by atoms with Gasteiger partial charge >= 0.3 is 0 Å². The zero-order valence-electron chi connectivity index (χ0n) is 26.1. The molecule has 0 saturated heterocycles. The smallest absolute Gasteiger partial charge is 0.258 e. The molecule has 3 aromatic carbocycles. The molecule has 0 spiro atoms. The maximum atomic E-state index is 14.3. The van der Waals surface area contributed by atoms with Crippen LogP contribution in [-0.4, -0.2) is 50.5 Å². The second-order valence-electron chi connectivity index (χ2n) is 11.6. The van der Waals surface area contributed by atoms with Gasteiger partial charge in [-0.25, -0.2) is 8.42 Å². The highest BCUT2D eigenvalue weighted by atomic mass is 32.2. The standard InChI is InChI=1S/C34H43N3O6S2/c1-4-6-17-34(18-7-5-2)22-37(25-11-9-8-10-12-25)27-19-29(44-3)28(20-30(27)45(41,42)23-34)43-21-31(39)36-32(33(35)40)24-13-15-26(38)16-14-24/h8-16,19-20,32,38H,4-7,17-18,21-23H2,1-3H3,(H2,35,40)(H,36,39). The van der Waals surface area contributed by atoms with Crippen LogP contribution in [0.2, 0.25) is 0 Å². The number of primary amides is 1. The van der Waals surface area contributed by atoms with Gasteiger partial charge < -0.3 is 25.8 Å². The maximum Gasteiger partial charge on any atom is 0.258 e. The van der Waals surface area contributed by atoms with Crippen LogP contribution in [0.4, 0.5) is 11.4 Å². The summed E-state index contributed by atoms with van der Waals surface area (Å²) in [7, 11) is -3.76. The normalized spacial score (nSPS) is 15.8. The number of hydrogen-bond acceptors (Lipinski definition) is 8. The van der Waals surface area contributed by atoms with Crippen LogP contribution in [0.15, 0.2) is 76.5 Å². The third-order valence-electron chi connectivity index (χ3n) is 8.23. The van der Waals surface area contributed by atoms with E-state index in [0.29, 0.717) is 22.7 Å². The Balaban J connectivity index is 1.70. The van der Waals surface area contributed by atoms with E-state index in [0.717, 1.165) is 44.2 Å². The highest BCUT2D eigenvalue weighted by Gasteiger charge is 2.42. The molecule has 1 heterocycles. The Kier molecular flexibility index (Phi) is 11.4. The SMILES string of the molecule is CCCCC1(CCCC)CN(c2ccccc2)c2cc(SC)c(OCC(=O)NC(C(N)=O)c3ccc(O)cc3)cc2S(=O)(=O)C1. The van der Waals surface area contributed by atoms with Gasteiger partial charge in [-0.05, 0) is 55.0 Å². The van der Waals surface area contributed by atoms with Gasteiger partial charge in [0.15, 0.2) is 16.4 Å². The summed E-state index contributed by atoms with van der Waals surface area (Å²) in [4.78, 5) is 28.0. The molecular weight excluding hydrogens is 611 g/mol. The Morgan fingerprint density at radius 1 is 1.04 bits per heavy atom. The van der Waals surface area contributed by atoms with Crippen LogP contribution in [0.1, 0.15) is 64.0 Å². The van der Waals surface area contributed by atoms with E-state index >= 15 is 0 Å². The van der Waals surface area contributed by atoms with Crippen molar-refractivity contribution in [1.29, 1.82) is 0 Å². The topological polar surface area (TPSA) is 139 Å². The van der Waals surface area contributed by atoms with E-state index in [1.54, 1.807) is 6.07 Å². The Bertz CT molecular complexity index is 1570. The molecule has 0 fully saturated rings. The fraction of sp³-hybridized carbons (Fsp3) is 0.412. The van der Waals surface area contributed by atoms with Gasteiger partial charge in [0.25, 0.3) is 5.91 Å². The lowest BCUT2D eigenvalue weighted by Crippen LogP contribution is -2.39. The average molecular weight is 654 g/mol. The second kappa shape index (κ2) is 15.1. The molecule has 1 aliphatic heterocycles. The van der Waals surface area contributed by atoms with E-state index in [4.69, 9.17) is 10.5 Å². The molecule has 242 valence electrons. The monoisotopic (exact) mass is 653 g/mol. The Morgan fingerprint density at radius 2 is 1.69 bits per heavy atom. The molecule has 0 saturated carbocycles. The van der Waals surface area contributed by atoms with Gasteiger partial charge in [-0.15, -0.1) is 11.8 Å². The number of ether oxygens (including phenoxy) is 1. The van der Waals surface area contributed by atoms with Crippen molar-refractivity contribution in [3.8, 4) is 11.5 Å². The zero-order chi connectivity index (χ0) is 32.6. The predicted molar refractivity (Wildman–Crippen MR) is 179 cm³/mol. The van der Waals surface area contributed by atoms with Crippen molar-refractivity contribution in [1.82, 2.24) is 5.32 Å². The molecule has 0 aromatic heterocycles. The number of para-hydroxylation sites is 1. The highest BCUT2D eigenvalue weighted by molar-refractivity contribution is 7.98. The number of thioether (sulfide) groups is 1. The number of anilines is 2. The van der Waals surface area contributed by atoms with Gasteiger partial charge in [0, 0.05) is 23.7 Å². The van der Waals surface area contributed by atoms with Crippen molar-refractivity contribution in [2.24, 2.45) is 11.1 Å². The van der Waals surface area contributed by atoms with E-state index in [1.807, 2.05) is 42.7 Å². The van der Waals surface area contributed by atoms with E-state index < -0.39 is 39.7 Å². The third-order valence-corrected chi connectivity index (χ3v) is 11.0. The largest absolute Gasteiger partial charge is 0.508 e. The zero-order valence-corrected chi connectivity index (χ0v) is 27.8. The van der Waals surface area contributed by atoms with Crippen molar-refractivity contribution >= 4 is 44.8 Å². The summed E-state index contributed by atoms with van der Waals surface area (Å²) in [6, 6.07) is 17.9. The van der Waals surface area contributed by atoms with E-state index in [1.165, 1.54) is 36.0 Å². The number of fused-ring (bicyclic) bond motifs is 1. The lowest BCUT2D eigenvalue weighted by molar-refractivity contribution is -0.128. The number of aromatic hydroxyl groups is 1. The molecule has 1 atom stereocenters. The van der Waals surface area contributed by atoms with Crippen LogP contribution in [-0.2, 0) is 19.4 Å². The van der Waals surface area contributed by atoms with Gasteiger partial charge in [-0.2, -0.15) is 0 Å². The van der Waals surface area contributed by atoms with Crippen molar-refractivity contribution in [2.45, 2.75) is 68.2 Å². The van der Waals surface area contributed by atoms with Crippen LogP contribution in [0.25, 0.3) is 0 Å². The number of benzene rings is 3. The summed E-state index contributed by atoms with van der Waals surface area (Å²) in [5.74, 6) is -1.07. The first-order chi connectivity index (χ1) is 21.5. The number of carbonyl (C=O) groups is 2. The fourth-order valence-corrected chi connectivity index (χ4v) is 8.58. The molecular formula is C34H43N3O6S2. The minimum atomic E-state index is -3.76. The van der Waals surface area contributed by atoms with Gasteiger partial charge in [0.1, 0.15) is 17.5 Å². The maximum absolute atomic E-state index is 14.3. The van der Waals surface area contributed by atoms with Crippen LogP contribution >= 0.6 is 11.8 Å². The number of rotatable bonds is 14. The number of sulfone groups is 1. The molecule has 4 rings (SSSR count). The lowest BCUT2D eigenvalue weighted by Gasteiger charge is -2.37. The van der Waals surface area contributed by atoms with Crippen molar-refractivity contribution in [2.75, 3.05) is 30.1 Å². The third kappa shape index (κ3) is 8.32. The Morgan fingerprint density at radius 3 is 2.27 bits per heavy atom. The van der Waals surface area contributed by atoms with E-state index in [-0.39, 0.29) is 22.1 Å². The predicted octanol–water partition coefficient (Wildman–Crippen LogP) is 6.13. The molecule has 2 amide bonds. The number of nitrogens with two attached hydrogens (primary N) is 1. The van der Waals surface area contributed by atoms with Gasteiger partial charge in [-0.3, -0.25) is 9.59 Å². The lowest BCUT2D eigenvalue weighted by atomic mass is 9.79. The van der Waals surface area contributed by atoms with Gasteiger partial charge in [-0.1, -0.05) is 69.9 Å². The summed E-state index contributed by atoms with van der Waals surface area (Å²) >= 11 is 1.39. The summed E-state index contributed by atoms with van der Waals surface area (Å²) in [5, 5.41) is 12.1. The molecule has 4 N–H and O–H groups in total. The summed E-state index contributed by atoms with van der Waals surface area (Å²) in [6.45, 7) is 4.37. The van der Waals surface area contributed by atoms with Crippen molar-refractivity contribution in [3.63, 3.8) is 0 Å². The quantitative estimate of drug-likeness (QED) is 0.177. The number of carbonyl (C=O) groups excluding carboxylic acids is 2. The first-order valence-electron chi connectivity index (χ1n) is 15.3. The molecule has 1 aliphatic rings. The molecule has 45 heavy (non-hydrogen) atoms. The van der Waals surface area contributed by atoms with Crippen LogP contribution in [0.3, 0.4) is 0 Å². The van der Waals surface area contributed by atoms with Crippen LogP contribution in [0.5, 0.6) is 11.5 Å². The number of nitrogens with one attached hydrogen (secondary N) is 1. The fourth-order valence-electron chi connectivity index (χ4n) is 5.91. The van der Waals surface area contributed by atoms with E-state index in [9.17, 15) is 23.1 Å². The number of hydrogen-bond donors (Lipinski definition) is 3. The molecule has 0 radical (unpaired) electrons. The molecule has 0 bridgehead atoms. The first-order valence-corrected chi connectivity index (χ1v) is 18.2. The number of phenols is 1. The number of nitrogens with zero attached hydrogens (tertiary/aromatic N) is 1. The minimum Gasteiger partial charge on any atom is -0.508 e. The van der Waals surface area contributed by atoms with Crippen LogP contribution < -0.4 is 20.7 Å². The molecule has 11 heteroatoms. The van der Waals surface area contributed by atoms with E-state index in [2.05, 4.69) is 24.1 Å². The first kappa shape index (κ1) is 34.2. The minimum absolute atomic E-state index is 0.0122. The van der Waals surface area contributed by atoms with Gasteiger partial charge in [0.2, 0.25) is 5.91 Å². The molecule has 9 nitrogen and oxygen atoms in total. The summed E-state index contributed by atoms with van der Waals surface area (Å²) in [5.41, 5.74) is 7.03. The molecule has 1 unspecified atom stereocenters. The highest BCUT2D eigenvalue weighted by Crippen LogP contribution is 2.47. The van der Waals surface area contributed by atoms with Crippen LogP contribution in [0, 0.1) is 5.41 Å². The van der Waals surface area contributed by atoms with Gasteiger partial charge in [0.05, 0.1) is 21.2 Å². The van der Waals surface area contributed by atoms with Crippen molar-refractivity contribution in [3.05, 3.63) is 72.3 Å². The summed E-state index contributed by atoms with van der Waals surface area (Å²) in [6.07, 6.45) is 7.32. The Hall–Kier alpha value is -3.70. The molecule has 3 aromatic rings. The number of amides is 2. The summed E-state index contributed by atoms with van der Waals surface area (Å²) < 4.78 is 34.5. The van der Waals surface area contributed by atoms with Crippen molar-refractivity contribution < 1.29 is 27.9 Å². The Labute approximate surface area is 270 Å². The second-order valence-corrected chi connectivity index (χ2v) is 14.4.